The molecule has 1 aliphatic rings. The molecule has 0 bridgehead atoms. The maximum atomic E-state index is 13.2. The summed E-state index contributed by atoms with van der Waals surface area (Å²) in [7, 11) is 0. The van der Waals surface area contributed by atoms with Gasteiger partial charge in [-0.3, -0.25) is 19.8 Å². The Balaban J connectivity index is 1.67. The Hall–Kier alpha value is -2.84. The minimum absolute atomic E-state index is 0.0287. The van der Waals surface area contributed by atoms with E-state index in [9.17, 15) is 14.9 Å². The van der Waals surface area contributed by atoms with E-state index in [2.05, 4.69) is 4.98 Å². The van der Waals surface area contributed by atoms with Crippen molar-refractivity contribution in [3.8, 4) is 0 Å². The van der Waals surface area contributed by atoms with Gasteiger partial charge in [0.2, 0.25) is 0 Å². The molecular weight excluding hydrogens is 366 g/mol. The lowest BCUT2D eigenvalue weighted by Crippen LogP contribution is -2.37. The first-order chi connectivity index (χ1) is 13.1. The summed E-state index contributed by atoms with van der Waals surface area (Å²) in [6.07, 6.45) is 1.85. The number of hydrogen-bond acceptors (Lipinski definition) is 6. The number of non-ortho nitro benzene ring substituents is 1. The van der Waals surface area contributed by atoms with Crippen molar-refractivity contribution < 1.29 is 14.5 Å². The number of amides is 1. The second kappa shape index (κ2) is 7.42. The van der Waals surface area contributed by atoms with Gasteiger partial charge >= 0.3 is 0 Å². The molecule has 1 aliphatic heterocycles. The van der Waals surface area contributed by atoms with Crippen LogP contribution in [0.2, 0.25) is 0 Å². The first-order valence-electron chi connectivity index (χ1n) is 8.65. The Morgan fingerprint density at radius 3 is 2.70 bits per heavy atom. The maximum absolute atomic E-state index is 13.2. The highest BCUT2D eigenvalue weighted by Gasteiger charge is 2.27. The van der Waals surface area contributed by atoms with E-state index < -0.39 is 4.92 Å². The summed E-state index contributed by atoms with van der Waals surface area (Å²) < 4.78 is 6.71. The van der Waals surface area contributed by atoms with Gasteiger partial charge in [-0.2, -0.15) is 0 Å². The van der Waals surface area contributed by atoms with Crippen molar-refractivity contribution in [1.29, 1.82) is 0 Å². The van der Waals surface area contributed by atoms with Crippen LogP contribution in [0.4, 0.5) is 10.8 Å². The second-order valence-corrected chi connectivity index (χ2v) is 7.33. The quantitative estimate of drug-likeness (QED) is 0.490. The van der Waals surface area contributed by atoms with E-state index in [0.29, 0.717) is 23.8 Å². The summed E-state index contributed by atoms with van der Waals surface area (Å²) in [6, 6.07) is 13.4. The van der Waals surface area contributed by atoms with Crippen LogP contribution in [-0.4, -0.2) is 35.1 Å². The number of anilines is 1. The third-order valence-electron chi connectivity index (χ3n) is 4.49. The van der Waals surface area contributed by atoms with E-state index in [4.69, 9.17) is 4.74 Å². The van der Waals surface area contributed by atoms with Crippen LogP contribution in [0.3, 0.4) is 0 Å². The number of hydrogen-bond donors (Lipinski definition) is 0. The Kier molecular flexibility index (Phi) is 4.83. The number of para-hydroxylation sites is 1. The number of thiazole rings is 1. The monoisotopic (exact) mass is 383 g/mol. The molecule has 0 N–H and O–H groups in total. The molecule has 1 fully saturated rings. The zero-order valence-electron chi connectivity index (χ0n) is 14.4. The van der Waals surface area contributed by atoms with Crippen molar-refractivity contribution in [3.63, 3.8) is 0 Å². The zero-order chi connectivity index (χ0) is 18.8. The first kappa shape index (κ1) is 17.6. The van der Waals surface area contributed by atoms with Crippen molar-refractivity contribution in [2.75, 3.05) is 18.1 Å². The fourth-order valence-corrected chi connectivity index (χ4v) is 4.07. The summed E-state index contributed by atoms with van der Waals surface area (Å²) in [4.78, 5) is 29.8. The van der Waals surface area contributed by atoms with Gasteiger partial charge in [-0.15, -0.1) is 0 Å². The highest BCUT2D eigenvalue weighted by molar-refractivity contribution is 7.22. The van der Waals surface area contributed by atoms with Crippen LogP contribution in [0.5, 0.6) is 0 Å². The maximum Gasteiger partial charge on any atom is 0.269 e. The van der Waals surface area contributed by atoms with Crippen LogP contribution in [0.15, 0.2) is 48.5 Å². The topological polar surface area (TPSA) is 85.6 Å². The molecule has 7 nitrogen and oxygen atoms in total. The van der Waals surface area contributed by atoms with Crippen molar-refractivity contribution in [2.45, 2.75) is 18.9 Å². The molecule has 0 spiro atoms. The minimum Gasteiger partial charge on any atom is -0.376 e. The van der Waals surface area contributed by atoms with Crippen molar-refractivity contribution >= 4 is 38.3 Å². The number of fused-ring (bicyclic) bond motifs is 1. The molecule has 8 heteroatoms. The molecule has 0 radical (unpaired) electrons. The third-order valence-corrected chi connectivity index (χ3v) is 5.55. The molecule has 1 saturated heterocycles. The molecule has 1 atom stereocenters. The molecule has 2 heterocycles. The highest BCUT2D eigenvalue weighted by Crippen LogP contribution is 2.31. The van der Waals surface area contributed by atoms with E-state index >= 15 is 0 Å². The molecule has 3 aromatic rings. The minimum atomic E-state index is -0.480. The highest BCUT2D eigenvalue weighted by atomic mass is 32.1. The van der Waals surface area contributed by atoms with Gasteiger partial charge in [0.15, 0.2) is 5.13 Å². The zero-order valence-corrected chi connectivity index (χ0v) is 15.2. The smallest absolute Gasteiger partial charge is 0.269 e. The lowest BCUT2D eigenvalue weighted by Gasteiger charge is -2.23. The van der Waals surface area contributed by atoms with E-state index in [1.165, 1.54) is 35.6 Å². The number of nitro groups is 1. The Labute approximate surface area is 159 Å². The summed E-state index contributed by atoms with van der Waals surface area (Å²) in [5.41, 5.74) is 1.18. The SMILES string of the molecule is O=C(c1ccc([N+](=O)[O-])cc1)N(C[C@H]1CCCO1)c1nc2ccccc2s1. The van der Waals surface area contributed by atoms with E-state index in [1.54, 1.807) is 4.90 Å². The van der Waals surface area contributed by atoms with Gasteiger partial charge in [0, 0.05) is 24.3 Å². The first-order valence-corrected chi connectivity index (χ1v) is 9.47. The van der Waals surface area contributed by atoms with Gasteiger partial charge in [0.1, 0.15) is 0 Å². The number of aromatic nitrogens is 1. The summed E-state index contributed by atoms with van der Waals surface area (Å²) in [6.45, 7) is 1.11. The summed E-state index contributed by atoms with van der Waals surface area (Å²) >= 11 is 1.45. The Morgan fingerprint density at radius 1 is 1.26 bits per heavy atom. The van der Waals surface area contributed by atoms with Gasteiger partial charge in [-0.05, 0) is 37.1 Å². The van der Waals surface area contributed by atoms with Crippen LogP contribution in [-0.2, 0) is 4.74 Å². The van der Waals surface area contributed by atoms with E-state index in [0.717, 1.165) is 23.1 Å². The molecule has 138 valence electrons. The molecule has 1 aromatic heterocycles. The third kappa shape index (κ3) is 3.67. The summed E-state index contributed by atoms with van der Waals surface area (Å²) in [5, 5.41) is 11.5. The predicted octanol–water partition coefficient (Wildman–Crippen LogP) is 4.03. The standard InChI is InChI=1S/C19H17N3O4S/c23-18(13-7-9-14(10-8-13)22(24)25)21(12-15-4-3-11-26-15)19-20-16-5-1-2-6-17(16)27-19/h1-2,5-10,15H,3-4,11-12H2/t15-/m1/s1. The fraction of sp³-hybridized carbons (Fsp3) is 0.263. The number of benzene rings is 2. The van der Waals surface area contributed by atoms with Crippen molar-refractivity contribution in [3.05, 3.63) is 64.2 Å². The van der Waals surface area contributed by atoms with Crippen molar-refractivity contribution in [2.24, 2.45) is 0 Å². The lowest BCUT2D eigenvalue weighted by atomic mass is 10.1. The molecule has 2 aromatic carbocycles. The molecular formula is C19H17N3O4S. The molecule has 0 saturated carbocycles. The fourth-order valence-electron chi connectivity index (χ4n) is 3.10. The number of nitrogens with zero attached hydrogens (tertiary/aromatic N) is 3. The number of ether oxygens (including phenoxy) is 1. The van der Waals surface area contributed by atoms with Crippen LogP contribution in [0, 0.1) is 10.1 Å². The largest absolute Gasteiger partial charge is 0.376 e. The van der Waals surface area contributed by atoms with E-state index in [-0.39, 0.29) is 17.7 Å². The molecule has 1 amide bonds. The number of carbonyl (C=O) groups excluding carboxylic acids is 1. The average molecular weight is 383 g/mol. The van der Waals surface area contributed by atoms with Gasteiger partial charge in [-0.25, -0.2) is 4.98 Å². The summed E-state index contributed by atoms with van der Waals surface area (Å²) in [5.74, 6) is -0.237. The van der Waals surface area contributed by atoms with E-state index in [1.807, 2.05) is 24.3 Å². The normalized spacial score (nSPS) is 16.5. The van der Waals surface area contributed by atoms with Crippen LogP contribution >= 0.6 is 11.3 Å². The van der Waals surface area contributed by atoms with Gasteiger partial charge < -0.3 is 4.74 Å². The van der Waals surface area contributed by atoms with Gasteiger partial charge in [0.25, 0.3) is 11.6 Å². The van der Waals surface area contributed by atoms with Crippen molar-refractivity contribution in [1.82, 2.24) is 4.98 Å². The second-order valence-electron chi connectivity index (χ2n) is 6.32. The molecule has 4 rings (SSSR count). The van der Waals surface area contributed by atoms with Crippen LogP contribution in [0.1, 0.15) is 23.2 Å². The number of nitro benzene ring substituents is 1. The lowest BCUT2D eigenvalue weighted by molar-refractivity contribution is -0.384. The number of carbonyl (C=O) groups is 1. The Bertz CT molecular complexity index is 947. The van der Waals surface area contributed by atoms with Gasteiger partial charge in [0.05, 0.1) is 27.8 Å². The molecule has 27 heavy (non-hydrogen) atoms. The van der Waals surface area contributed by atoms with Gasteiger partial charge in [-0.1, -0.05) is 23.5 Å². The van der Waals surface area contributed by atoms with Crippen LogP contribution < -0.4 is 4.90 Å². The average Bonchev–Trinajstić information content (AvgIpc) is 3.34. The number of rotatable bonds is 5. The predicted molar refractivity (Wildman–Crippen MR) is 103 cm³/mol. The molecule has 0 aliphatic carbocycles. The molecule has 0 unspecified atom stereocenters. The van der Waals surface area contributed by atoms with Crippen LogP contribution in [0.25, 0.3) is 10.2 Å². The Morgan fingerprint density at radius 2 is 2.04 bits per heavy atom.